The molecule has 5 nitrogen and oxygen atoms in total. The van der Waals surface area contributed by atoms with Gasteiger partial charge in [-0.15, -0.1) is 0 Å². The fraction of sp³-hybridized carbons (Fsp3) is 0.533. The quantitative estimate of drug-likeness (QED) is 0.545. The topological polar surface area (TPSA) is 54.0 Å². The lowest BCUT2D eigenvalue weighted by Crippen LogP contribution is -2.56. The average Bonchev–Trinajstić information content (AvgIpc) is 2.55. The van der Waals surface area contributed by atoms with Gasteiger partial charge in [-0.3, -0.25) is 4.79 Å². The van der Waals surface area contributed by atoms with Gasteiger partial charge in [-0.2, -0.15) is 0 Å². The van der Waals surface area contributed by atoms with Crippen LogP contribution in [0.15, 0.2) is 30.3 Å². The summed E-state index contributed by atoms with van der Waals surface area (Å²) in [6.07, 6.45) is 0.564. The van der Waals surface area contributed by atoms with Crippen molar-refractivity contribution in [3.8, 4) is 0 Å². The number of carbonyl (C=O) groups excluding carboxylic acids is 1. The number of benzene rings is 1. The highest BCUT2D eigenvalue weighted by atomic mass is 28.4. The van der Waals surface area contributed by atoms with Gasteiger partial charge in [0.2, 0.25) is 0 Å². The van der Waals surface area contributed by atoms with E-state index in [0.29, 0.717) is 6.42 Å². The standard InChI is InChI=1S/C15H24O5Si/c1-6-14(21(17-3,18-4)19-5)20-15(16)12(2)13-10-8-7-9-11-13/h7-12,14H,6H2,1-5H3. The van der Waals surface area contributed by atoms with Crippen molar-refractivity contribution >= 4 is 14.8 Å². The number of hydrogen-bond acceptors (Lipinski definition) is 5. The van der Waals surface area contributed by atoms with Gasteiger partial charge in [0.15, 0.2) is 5.73 Å². The molecule has 0 radical (unpaired) electrons. The van der Waals surface area contributed by atoms with E-state index in [1.165, 1.54) is 21.3 Å². The minimum Gasteiger partial charge on any atom is -0.457 e. The Labute approximate surface area is 127 Å². The third-order valence-corrected chi connectivity index (χ3v) is 6.55. The van der Waals surface area contributed by atoms with Crippen molar-refractivity contribution in [2.45, 2.75) is 31.9 Å². The van der Waals surface area contributed by atoms with E-state index in [1.807, 2.05) is 44.2 Å². The molecule has 0 fully saturated rings. The fourth-order valence-electron chi connectivity index (χ4n) is 2.17. The Kier molecular flexibility index (Phi) is 7.04. The van der Waals surface area contributed by atoms with Gasteiger partial charge >= 0.3 is 14.8 Å². The van der Waals surface area contributed by atoms with E-state index in [-0.39, 0.29) is 11.9 Å². The summed E-state index contributed by atoms with van der Waals surface area (Å²) in [6.45, 7) is 3.73. The molecule has 0 bridgehead atoms. The highest BCUT2D eigenvalue weighted by molar-refractivity contribution is 6.62. The van der Waals surface area contributed by atoms with Crippen molar-refractivity contribution in [2.75, 3.05) is 21.3 Å². The lowest BCUT2D eigenvalue weighted by atomic mass is 10.0. The second-order valence-corrected chi connectivity index (χ2v) is 7.76. The first-order chi connectivity index (χ1) is 10.0. The van der Waals surface area contributed by atoms with Crippen LogP contribution in [0.1, 0.15) is 31.7 Å². The molecule has 1 rings (SSSR count). The van der Waals surface area contributed by atoms with Crippen LogP contribution in [0.25, 0.3) is 0 Å². The van der Waals surface area contributed by atoms with Crippen LogP contribution in [0.5, 0.6) is 0 Å². The molecule has 0 aliphatic carbocycles. The molecule has 2 unspecified atom stereocenters. The zero-order chi connectivity index (χ0) is 15.9. The molecule has 0 saturated carbocycles. The molecule has 0 amide bonds. The van der Waals surface area contributed by atoms with Crippen molar-refractivity contribution in [1.82, 2.24) is 0 Å². The minimum absolute atomic E-state index is 0.309. The predicted octanol–water partition coefficient (Wildman–Crippen LogP) is 2.53. The Bertz CT molecular complexity index is 425. The summed E-state index contributed by atoms with van der Waals surface area (Å²) in [7, 11) is 1.53. The largest absolute Gasteiger partial charge is 0.543 e. The number of hydrogen-bond donors (Lipinski definition) is 0. The van der Waals surface area contributed by atoms with E-state index >= 15 is 0 Å². The molecule has 0 aliphatic rings. The van der Waals surface area contributed by atoms with Crippen molar-refractivity contribution in [1.29, 1.82) is 0 Å². The molecule has 1 aromatic rings. The average molecular weight is 312 g/mol. The molecule has 6 heteroatoms. The van der Waals surface area contributed by atoms with E-state index in [1.54, 1.807) is 0 Å². The molecule has 118 valence electrons. The fourth-order valence-corrected chi connectivity index (χ4v) is 4.22. The Hall–Kier alpha value is -1.21. The lowest BCUT2D eigenvalue weighted by Gasteiger charge is -2.31. The van der Waals surface area contributed by atoms with Crippen LogP contribution in [0.4, 0.5) is 0 Å². The van der Waals surface area contributed by atoms with Crippen LogP contribution in [0, 0.1) is 0 Å². The van der Waals surface area contributed by atoms with Gasteiger partial charge in [0.25, 0.3) is 0 Å². The third-order valence-electron chi connectivity index (χ3n) is 3.53. The molecule has 0 heterocycles. The van der Waals surface area contributed by atoms with Gasteiger partial charge in [0, 0.05) is 21.3 Å². The lowest BCUT2D eigenvalue weighted by molar-refractivity contribution is -0.150. The predicted molar refractivity (Wildman–Crippen MR) is 81.8 cm³/mol. The molecule has 0 spiro atoms. The molecule has 0 saturated heterocycles. The summed E-state index contributed by atoms with van der Waals surface area (Å²) < 4.78 is 21.8. The maximum Gasteiger partial charge on any atom is 0.543 e. The van der Waals surface area contributed by atoms with E-state index in [2.05, 4.69) is 0 Å². The summed E-state index contributed by atoms with van der Waals surface area (Å²) in [5.41, 5.74) is 0.396. The van der Waals surface area contributed by atoms with Crippen molar-refractivity contribution in [3.63, 3.8) is 0 Å². The zero-order valence-electron chi connectivity index (χ0n) is 13.3. The van der Waals surface area contributed by atoms with Gasteiger partial charge in [-0.05, 0) is 18.9 Å². The molecule has 2 atom stereocenters. The first kappa shape index (κ1) is 17.8. The maximum atomic E-state index is 12.3. The second kappa shape index (κ2) is 8.28. The Morgan fingerprint density at radius 2 is 1.62 bits per heavy atom. The van der Waals surface area contributed by atoms with Crippen LogP contribution in [-0.4, -0.2) is 41.8 Å². The Morgan fingerprint density at radius 1 is 1.10 bits per heavy atom. The van der Waals surface area contributed by atoms with E-state index < -0.39 is 14.5 Å². The van der Waals surface area contributed by atoms with Crippen LogP contribution in [-0.2, 0) is 22.8 Å². The number of esters is 1. The summed E-state index contributed by atoms with van der Waals surface area (Å²) in [6, 6.07) is 9.51. The van der Waals surface area contributed by atoms with Gasteiger partial charge in [0.05, 0.1) is 5.92 Å². The third kappa shape index (κ3) is 4.13. The summed E-state index contributed by atoms with van der Waals surface area (Å²) >= 11 is 0. The van der Waals surface area contributed by atoms with Crippen LogP contribution in [0.2, 0.25) is 0 Å². The van der Waals surface area contributed by atoms with Gasteiger partial charge < -0.3 is 18.0 Å². The molecule has 1 aromatic carbocycles. The summed E-state index contributed by atoms with van der Waals surface area (Å²) in [5, 5.41) is 0. The molecule has 0 aliphatic heterocycles. The highest BCUT2D eigenvalue weighted by Crippen LogP contribution is 2.22. The molecule has 21 heavy (non-hydrogen) atoms. The molecule has 0 aromatic heterocycles. The smallest absolute Gasteiger partial charge is 0.457 e. The van der Waals surface area contributed by atoms with Crippen LogP contribution >= 0.6 is 0 Å². The molecular formula is C15H24O5Si. The van der Waals surface area contributed by atoms with Crippen molar-refractivity contribution < 1.29 is 22.8 Å². The number of carbonyl (C=O) groups is 1. The summed E-state index contributed by atoms with van der Waals surface area (Å²) in [5.74, 6) is -0.659. The number of rotatable bonds is 8. The van der Waals surface area contributed by atoms with E-state index in [4.69, 9.17) is 18.0 Å². The van der Waals surface area contributed by atoms with E-state index in [9.17, 15) is 4.79 Å². The second-order valence-electron chi connectivity index (χ2n) is 4.68. The Balaban J connectivity index is 2.84. The van der Waals surface area contributed by atoms with Gasteiger partial charge in [0.1, 0.15) is 0 Å². The molecule has 0 N–H and O–H groups in total. The maximum absolute atomic E-state index is 12.3. The normalized spacial score (nSPS) is 14.5. The summed E-state index contributed by atoms with van der Waals surface area (Å²) in [4.78, 5) is 12.3. The van der Waals surface area contributed by atoms with Gasteiger partial charge in [-0.1, -0.05) is 37.3 Å². The van der Waals surface area contributed by atoms with E-state index in [0.717, 1.165) is 5.56 Å². The monoisotopic (exact) mass is 312 g/mol. The van der Waals surface area contributed by atoms with Gasteiger partial charge in [-0.25, -0.2) is 0 Å². The zero-order valence-corrected chi connectivity index (χ0v) is 14.3. The van der Waals surface area contributed by atoms with Crippen molar-refractivity contribution in [2.24, 2.45) is 0 Å². The first-order valence-electron chi connectivity index (χ1n) is 6.95. The minimum atomic E-state index is -3.00. The van der Waals surface area contributed by atoms with Crippen molar-refractivity contribution in [3.05, 3.63) is 35.9 Å². The first-order valence-corrected chi connectivity index (χ1v) is 8.75. The number of ether oxygens (including phenoxy) is 1. The van der Waals surface area contributed by atoms with Crippen LogP contribution in [0.3, 0.4) is 0 Å². The Morgan fingerprint density at radius 3 is 2.05 bits per heavy atom. The highest BCUT2D eigenvalue weighted by Gasteiger charge is 2.49. The van der Waals surface area contributed by atoms with Crippen LogP contribution < -0.4 is 0 Å². The molecular weight excluding hydrogens is 288 g/mol. The SMILES string of the molecule is CCC(OC(=O)C(C)c1ccccc1)[Si](OC)(OC)OC.